The molecule has 0 bridgehead atoms. The van der Waals surface area contributed by atoms with Crippen molar-refractivity contribution in [2.75, 3.05) is 40.5 Å². The lowest BCUT2D eigenvalue weighted by Gasteiger charge is -2.38. The second-order valence-corrected chi connectivity index (χ2v) is 21.6. The molecular weight excluding hydrogens is 1090 g/mol. The largest absolute Gasteiger partial charge is 0.497 e. The lowest BCUT2D eigenvalue weighted by atomic mass is 9.80. The zero-order chi connectivity index (χ0) is 62.4. The Labute approximate surface area is 510 Å². The van der Waals surface area contributed by atoms with E-state index in [0.717, 1.165) is 16.7 Å². The monoisotopic (exact) mass is 1180 g/mol. The molecule has 0 radical (unpaired) electrons. The molecule has 4 rings (SSSR count). The van der Waals surface area contributed by atoms with Crippen molar-refractivity contribution in [2.24, 2.45) is 0 Å². The van der Waals surface area contributed by atoms with E-state index in [1.807, 2.05) is 78.9 Å². The first-order chi connectivity index (χ1) is 41.7. The number of aliphatic hydroxyl groups is 1. The number of nitrogens with one attached hydrogen (secondary N) is 5. The molecule has 1 saturated heterocycles. The molecule has 0 aliphatic carbocycles. The van der Waals surface area contributed by atoms with Crippen molar-refractivity contribution in [3.8, 4) is 60.9 Å². The van der Waals surface area contributed by atoms with E-state index in [1.165, 1.54) is 0 Å². The number of aliphatic hydroxyl groups excluding tert-OH is 1. The predicted octanol–water partition coefficient (Wildman–Crippen LogP) is 7.74. The van der Waals surface area contributed by atoms with Gasteiger partial charge in [0.15, 0.2) is 5.78 Å². The van der Waals surface area contributed by atoms with Gasteiger partial charge in [-0.15, -0.1) is 49.4 Å². The minimum Gasteiger partial charge on any atom is -0.497 e. The highest BCUT2D eigenvalue weighted by Crippen LogP contribution is 2.42. The minimum atomic E-state index is -1.24. The fraction of sp³-hybridized carbons (Fsp3) is 0.522. The van der Waals surface area contributed by atoms with Gasteiger partial charge in [0.25, 0.3) is 0 Å². The van der Waals surface area contributed by atoms with Crippen molar-refractivity contribution in [1.29, 1.82) is 0 Å². The number of hydrogen-bond acceptors (Lipinski definition) is 11. The van der Waals surface area contributed by atoms with Crippen LogP contribution in [0.5, 0.6) is 11.5 Å². The Bertz CT molecular complexity index is 2710. The predicted molar refractivity (Wildman–Crippen MR) is 333 cm³/mol. The van der Waals surface area contributed by atoms with Crippen LogP contribution in [0, 0.1) is 49.4 Å². The van der Waals surface area contributed by atoms with Crippen LogP contribution in [-0.2, 0) is 43.9 Å². The van der Waals surface area contributed by atoms with E-state index in [0.29, 0.717) is 140 Å². The summed E-state index contributed by atoms with van der Waals surface area (Å²) in [6.45, 7) is 0.677. The topological polar surface area (TPSA) is 231 Å². The third kappa shape index (κ3) is 24.5. The van der Waals surface area contributed by atoms with Crippen molar-refractivity contribution in [1.82, 2.24) is 31.5 Å². The maximum Gasteiger partial charge on any atom is 0.245 e. The molecular formula is C69H90N6O11. The second-order valence-electron chi connectivity index (χ2n) is 21.6. The molecule has 1 fully saturated rings. The number of Topliss-reactive ketones (excluding diaryl/α,β-unsaturated/α-hetero) is 1. The van der Waals surface area contributed by atoms with E-state index in [2.05, 4.69) is 50.3 Å². The first-order valence-electron chi connectivity index (χ1n) is 30.4. The van der Waals surface area contributed by atoms with Crippen LogP contribution in [0.25, 0.3) is 0 Å². The van der Waals surface area contributed by atoms with Crippen LogP contribution < -0.4 is 36.1 Å². The fourth-order valence-corrected chi connectivity index (χ4v) is 10.4. The summed E-state index contributed by atoms with van der Waals surface area (Å²) in [5.74, 6) is 9.33. The minimum absolute atomic E-state index is 0.0429. The number of nitrogens with zero attached hydrogens (tertiary/aromatic N) is 1. The number of methoxy groups -OCH3 is 2. The Kier molecular flexibility index (Phi) is 33.0. The average Bonchev–Trinajstić information content (AvgIpc) is 1.08. The quantitative estimate of drug-likeness (QED) is 0.0183. The Morgan fingerprint density at radius 3 is 1.47 bits per heavy atom. The summed E-state index contributed by atoms with van der Waals surface area (Å²) in [6.07, 6.45) is 29.7. The number of carbonyl (C=O) groups is 7. The van der Waals surface area contributed by atoms with Crippen LogP contribution in [0.15, 0.2) is 78.9 Å². The van der Waals surface area contributed by atoms with Crippen LogP contribution in [-0.4, -0.2) is 122 Å². The fourth-order valence-electron chi connectivity index (χ4n) is 10.4. The molecule has 6 N–H and O–H groups in total. The first kappa shape index (κ1) is 70.4. The van der Waals surface area contributed by atoms with Gasteiger partial charge in [-0.3, -0.25) is 33.6 Å². The number of rotatable bonds is 42. The summed E-state index contributed by atoms with van der Waals surface area (Å²) in [6, 6.07) is 21.2. The number of terminal acetylenes is 4. The van der Waals surface area contributed by atoms with Crippen LogP contribution in [0.3, 0.4) is 0 Å². The van der Waals surface area contributed by atoms with Crippen molar-refractivity contribution in [3.63, 3.8) is 0 Å². The number of carbonyl (C=O) groups excluding carboxylic acids is 7. The number of benzene rings is 3. The van der Waals surface area contributed by atoms with E-state index in [9.17, 15) is 33.9 Å². The molecule has 0 saturated carbocycles. The van der Waals surface area contributed by atoms with Crippen molar-refractivity contribution < 1.29 is 52.9 Å². The van der Waals surface area contributed by atoms with Gasteiger partial charge in [-0.2, -0.15) is 0 Å². The van der Waals surface area contributed by atoms with E-state index in [-0.39, 0.29) is 81.1 Å². The third-order valence-corrected chi connectivity index (χ3v) is 15.1. The van der Waals surface area contributed by atoms with Gasteiger partial charge < -0.3 is 50.8 Å². The van der Waals surface area contributed by atoms with Crippen LogP contribution in [0.4, 0.5) is 0 Å². The Morgan fingerprint density at radius 1 is 0.535 bits per heavy atom. The van der Waals surface area contributed by atoms with Crippen molar-refractivity contribution >= 4 is 41.2 Å². The molecule has 17 nitrogen and oxygen atoms in total. The van der Waals surface area contributed by atoms with Gasteiger partial charge in [-0.25, -0.2) is 0 Å². The lowest BCUT2D eigenvalue weighted by molar-refractivity contribution is -0.140. The first-order valence-corrected chi connectivity index (χ1v) is 30.4. The van der Waals surface area contributed by atoms with Gasteiger partial charge in [0.05, 0.1) is 39.0 Å². The summed E-state index contributed by atoms with van der Waals surface area (Å²) >= 11 is 0. The average molecular weight is 1180 g/mol. The summed E-state index contributed by atoms with van der Waals surface area (Å²) in [4.78, 5) is 96.4. The maximum absolute atomic E-state index is 15.3. The van der Waals surface area contributed by atoms with Gasteiger partial charge in [-0.05, 0) is 124 Å². The van der Waals surface area contributed by atoms with E-state index in [1.54, 1.807) is 19.1 Å². The summed E-state index contributed by atoms with van der Waals surface area (Å²) in [5.41, 5.74) is 1.10. The lowest BCUT2D eigenvalue weighted by Crippen LogP contribution is -2.55. The number of β-amino-alcohol motifs (C(OH)–C–C–N with tert-alkyl or cyclic N) is 1. The highest BCUT2D eigenvalue weighted by atomic mass is 16.5. The molecule has 1 heterocycles. The van der Waals surface area contributed by atoms with E-state index >= 15 is 4.79 Å². The zero-order valence-corrected chi connectivity index (χ0v) is 50.5. The molecule has 6 amide bonds. The van der Waals surface area contributed by atoms with E-state index in [4.69, 9.17) is 39.9 Å². The normalized spacial score (nSPS) is 14.6. The molecule has 462 valence electrons. The van der Waals surface area contributed by atoms with Gasteiger partial charge in [0.2, 0.25) is 35.4 Å². The number of amides is 6. The SMILES string of the molecule is C#CCCCC(=O)NCCCC[C@H](NC(=O)CCCC#C)C(=O)CCCCC[C@H](NC(=O)[C@@H](CCCCNC(=O)CCCC#C)NC(=O)CCCC#C)C(=O)N1C[C@H](O)C[C@H]1COC(c1ccccc1)(c1ccc(OC)cc1)c1ccc(OC)cc1. The molecule has 1 aliphatic rings. The van der Waals surface area contributed by atoms with Gasteiger partial charge in [-0.1, -0.05) is 67.4 Å². The summed E-state index contributed by atoms with van der Waals surface area (Å²) in [5, 5.41) is 26.0. The highest BCUT2D eigenvalue weighted by molar-refractivity contribution is 5.92. The van der Waals surface area contributed by atoms with Crippen LogP contribution in [0.2, 0.25) is 0 Å². The summed E-state index contributed by atoms with van der Waals surface area (Å²) in [7, 11) is 3.18. The summed E-state index contributed by atoms with van der Waals surface area (Å²) < 4.78 is 18.3. The van der Waals surface area contributed by atoms with Crippen LogP contribution in [0.1, 0.15) is 171 Å². The highest BCUT2D eigenvalue weighted by Gasteiger charge is 2.43. The van der Waals surface area contributed by atoms with E-state index < -0.39 is 47.7 Å². The molecule has 5 atom stereocenters. The van der Waals surface area contributed by atoms with Gasteiger partial charge >= 0.3 is 0 Å². The smallest absolute Gasteiger partial charge is 0.245 e. The number of unbranched alkanes of at least 4 members (excludes halogenated alkanes) is 8. The van der Waals surface area contributed by atoms with Crippen molar-refractivity contribution in [3.05, 3.63) is 95.6 Å². The number of likely N-dealkylation sites (tertiary alicyclic amines) is 1. The standard InChI is InChI=1S/C69H90N6O11/c1-7-11-17-35-63(78)70-47-27-25-31-59(72-65(80)37-19-13-9-3)62(77)34-24-16-23-33-61(74-67(82)60(73-66(81)38-20-14-10-4)32-26-28-48-71-64(79)36-18-12-8-2)68(83)75-50-56(76)49-55(75)51-86-69(52-29-21-15-22-30-52,53-39-43-57(84-5)44-40-53)54-41-45-58(85-6)46-42-54/h1-4,15,21-22,29-30,39-46,55-56,59-61,76H,11-14,16-20,23-28,31-38,47-51H2,5-6H3,(H,70,78)(H,71,79)(H,72,80)(H,73,81)(H,74,82)/t55-,56+,59-,60+,61-/m0/s1. The molecule has 0 aromatic heterocycles. The third-order valence-electron chi connectivity index (χ3n) is 15.1. The molecule has 0 unspecified atom stereocenters. The molecule has 1 aliphatic heterocycles. The van der Waals surface area contributed by atoms with Crippen molar-refractivity contribution in [2.45, 2.75) is 190 Å². The molecule has 3 aromatic carbocycles. The second kappa shape index (κ2) is 40.3. The van der Waals surface area contributed by atoms with Gasteiger partial charge in [0, 0.05) is 77.4 Å². The molecule has 0 spiro atoms. The Balaban J connectivity index is 1.61. The maximum atomic E-state index is 15.3. The Hall–Kier alpha value is -8.09. The van der Waals surface area contributed by atoms with Crippen LogP contribution >= 0.6 is 0 Å². The Morgan fingerprint density at radius 2 is 0.977 bits per heavy atom. The molecule has 86 heavy (non-hydrogen) atoms. The molecule has 17 heteroatoms. The number of ether oxygens (including phenoxy) is 3. The zero-order valence-electron chi connectivity index (χ0n) is 50.5. The number of hydrogen-bond donors (Lipinski definition) is 6. The number of ketones is 1. The van der Waals surface area contributed by atoms with Gasteiger partial charge in [0.1, 0.15) is 29.2 Å². The molecule has 3 aromatic rings.